The second-order valence-corrected chi connectivity index (χ2v) is 13.6. The van der Waals surface area contributed by atoms with E-state index in [4.69, 9.17) is 9.47 Å². The van der Waals surface area contributed by atoms with Gasteiger partial charge in [0, 0.05) is 36.3 Å². The van der Waals surface area contributed by atoms with E-state index in [1.165, 1.54) is 25.3 Å². The molecule has 2 unspecified atom stereocenters. The van der Waals surface area contributed by atoms with E-state index >= 15 is 0 Å². The lowest BCUT2D eigenvalue weighted by molar-refractivity contribution is -0.124. The van der Waals surface area contributed by atoms with E-state index in [0.717, 1.165) is 42.5 Å². The third kappa shape index (κ3) is 11.2. The van der Waals surface area contributed by atoms with Gasteiger partial charge in [0.25, 0.3) is 5.91 Å². The molecule has 3 atom stereocenters. The molecule has 3 aromatic carbocycles. The number of hydrogen-bond acceptors (Lipinski definition) is 6. The average molecular weight is 687 g/mol. The maximum atomic E-state index is 14.2. The van der Waals surface area contributed by atoms with Gasteiger partial charge in [0.1, 0.15) is 24.2 Å². The van der Waals surface area contributed by atoms with E-state index in [2.05, 4.69) is 21.3 Å². The van der Waals surface area contributed by atoms with Crippen LogP contribution >= 0.6 is 0 Å². The van der Waals surface area contributed by atoms with Gasteiger partial charge >= 0.3 is 6.09 Å². The van der Waals surface area contributed by atoms with Crippen LogP contribution in [-0.4, -0.2) is 50.2 Å². The molecule has 1 aliphatic heterocycles. The molecule has 0 bridgehead atoms. The van der Waals surface area contributed by atoms with Crippen molar-refractivity contribution in [2.75, 3.05) is 25.5 Å². The zero-order valence-corrected chi connectivity index (χ0v) is 29.1. The van der Waals surface area contributed by atoms with Gasteiger partial charge < -0.3 is 30.7 Å². The molecule has 268 valence electrons. The number of rotatable bonds is 17. The number of hydrogen-bond donors (Lipinski definition) is 4. The number of carbonyl (C=O) groups excluding carboxylic acids is 3. The minimum Gasteiger partial charge on any atom is -0.497 e. The van der Waals surface area contributed by atoms with E-state index in [1.807, 2.05) is 30.3 Å². The minimum absolute atomic E-state index is 0.0177. The first-order valence-electron chi connectivity index (χ1n) is 18.1. The molecule has 1 heterocycles. The Morgan fingerprint density at radius 2 is 1.74 bits per heavy atom. The standard InChI is InChI=1S/C40H51FN4O5/c1-49-34-17-10-15-30(24-34)38(46)45-37(20-18-28-11-4-2-5-12-28)39(47)44-33(23-31-26-43-36-21-19-32(41)25-35(31)36)16-8-9-22-42-40(48)50-27-29-13-6-3-7-14-29/h3,6-7,10,13-15,17,19,21,24-25,28,31,33,37,43H,2,4-5,8-9,11-12,16,18,20,22-23,26-27H2,1H3,(H,42,48)(H,44,47)(H,45,46)/t31?,33-,37?/m0/s1. The lowest BCUT2D eigenvalue weighted by Gasteiger charge is -2.27. The fourth-order valence-electron chi connectivity index (χ4n) is 7.11. The first-order valence-corrected chi connectivity index (χ1v) is 18.1. The van der Waals surface area contributed by atoms with Crippen molar-refractivity contribution in [3.63, 3.8) is 0 Å². The molecule has 9 nitrogen and oxygen atoms in total. The summed E-state index contributed by atoms with van der Waals surface area (Å²) in [4.78, 5) is 39.7. The lowest BCUT2D eigenvalue weighted by atomic mass is 9.85. The molecule has 50 heavy (non-hydrogen) atoms. The molecule has 0 spiro atoms. The van der Waals surface area contributed by atoms with Crippen LogP contribution in [0.25, 0.3) is 0 Å². The Morgan fingerprint density at radius 3 is 2.54 bits per heavy atom. The van der Waals surface area contributed by atoms with Gasteiger partial charge in [-0.05, 0) is 92.0 Å². The summed E-state index contributed by atoms with van der Waals surface area (Å²) in [6.07, 6.45) is 9.62. The minimum atomic E-state index is -0.703. The normalized spacial score (nSPS) is 16.7. The number of amides is 3. The summed E-state index contributed by atoms with van der Waals surface area (Å²) in [6.45, 7) is 1.29. The highest BCUT2D eigenvalue weighted by Crippen LogP contribution is 2.35. The highest BCUT2D eigenvalue weighted by atomic mass is 19.1. The molecule has 4 N–H and O–H groups in total. The fraction of sp³-hybridized carbons (Fsp3) is 0.475. The van der Waals surface area contributed by atoms with E-state index in [-0.39, 0.29) is 36.2 Å². The summed E-state index contributed by atoms with van der Waals surface area (Å²) >= 11 is 0. The molecule has 0 saturated heterocycles. The molecule has 1 saturated carbocycles. The second kappa shape index (κ2) is 19.0. The smallest absolute Gasteiger partial charge is 0.407 e. The van der Waals surface area contributed by atoms with E-state index in [1.54, 1.807) is 43.5 Å². The fourth-order valence-corrected chi connectivity index (χ4v) is 7.11. The SMILES string of the molecule is COc1cccc(C(=O)NC(CCC2CCCCC2)C(=O)N[C@@H](CCCCNC(=O)OCc2ccccc2)CC2CNc3ccc(F)cc32)c1. The quantitative estimate of drug-likeness (QED) is 0.110. The van der Waals surface area contributed by atoms with Gasteiger partial charge in [0.05, 0.1) is 7.11 Å². The van der Waals surface area contributed by atoms with Gasteiger partial charge in [-0.3, -0.25) is 9.59 Å². The van der Waals surface area contributed by atoms with Crippen LogP contribution in [0.4, 0.5) is 14.9 Å². The van der Waals surface area contributed by atoms with Crippen LogP contribution in [0.3, 0.4) is 0 Å². The summed E-state index contributed by atoms with van der Waals surface area (Å²) in [7, 11) is 1.55. The molecule has 2 aliphatic rings. The Morgan fingerprint density at radius 1 is 0.920 bits per heavy atom. The Balaban J connectivity index is 1.22. The zero-order chi connectivity index (χ0) is 35.1. The van der Waals surface area contributed by atoms with Crippen LogP contribution in [0.15, 0.2) is 72.8 Å². The third-order valence-electron chi connectivity index (χ3n) is 9.91. The number of alkyl carbamates (subject to hydrolysis) is 1. The average Bonchev–Trinajstić information content (AvgIpc) is 3.54. The highest BCUT2D eigenvalue weighted by molar-refractivity contribution is 5.97. The summed E-state index contributed by atoms with van der Waals surface area (Å²) in [5, 5.41) is 12.5. The van der Waals surface area contributed by atoms with Gasteiger partial charge in [0.2, 0.25) is 5.91 Å². The lowest BCUT2D eigenvalue weighted by Crippen LogP contribution is -2.50. The predicted molar refractivity (Wildman–Crippen MR) is 193 cm³/mol. The molecule has 1 aliphatic carbocycles. The van der Waals surface area contributed by atoms with Crippen LogP contribution in [-0.2, 0) is 16.1 Å². The molecule has 10 heteroatoms. The maximum absolute atomic E-state index is 14.2. The van der Waals surface area contributed by atoms with E-state index < -0.39 is 12.1 Å². The summed E-state index contributed by atoms with van der Waals surface area (Å²) in [5.41, 5.74) is 3.17. The van der Waals surface area contributed by atoms with Crippen LogP contribution in [0.1, 0.15) is 98.0 Å². The van der Waals surface area contributed by atoms with Crippen molar-refractivity contribution in [2.24, 2.45) is 5.92 Å². The van der Waals surface area contributed by atoms with Gasteiger partial charge in [-0.1, -0.05) is 68.5 Å². The molecule has 3 amide bonds. The number of unbranched alkanes of at least 4 members (excludes halogenated alkanes) is 1. The number of nitrogens with one attached hydrogen (secondary N) is 4. The van der Waals surface area contributed by atoms with Gasteiger partial charge in [-0.2, -0.15) is 0 Å². The molecule has 0 aromatic heterocycles. The topological polar surface area (TPSA) is 118 Å². The Hall–Kier alpha value is -4.60. The van der Waals surface area contributed by atoms with Crippen LogP contribution in [0, 0.1) is 11.7 Å². The molecule has 3 aromatic rings. The first kappa shape index (κ1) is 36.7. The Bertz CT molecular complexity index is 1550. The largest absolute Gasteiger partial charge is 0.497 e. The van der Waals surface area contributed by atoms with Crippen molar-refractivity contribution in [2.45, 2.75) is 95.2 Å². The van der Waals surface area contributed by atoms with Crippen molar-refractivity contribution >= 4 is 23.6 Å². The first-order chi connectivity index (χ1) is 24.4. The van der Waals surface area contributed by atoms with Gasteiger partial charge in [0.15, 0.2) is 0 Å². The van der Waals surface area contributed by atoms with Crippen molar-refractivity contribution in [1.29, 1.82) is 0 Å². The molecule has 1 fully saturated rings. The number of anilines is 1. The number of carbonyl (C=O) groups is 3. The molecular weight excluding hydrogens is 635 g/mol. The monoisotopic (exact) mass is 686 g/mol. The number of benzene rings is 3. The second-order valence-electron chi connectivity index (χ2n) is 13.6. The molecule has 5 rings (SSSR count). The van der Waals surface area contributed by atoms with Crippen molar-refractivity contribution in [1.82, 2.24) is 16.0 Å². The van der Waals surface area contributed by atoms with Gasteiger partial charge in [-0.15, -0.1) is 0 Å². The summed E-state index contributed by atoms with van der Waals surface area (Å²) < 4.78 is 24.9. The number of ether oxygens (including phenoxy) is 2. The Labute approximate surface area is 295 Å². The van der Waals surface area contributed by atoms with Crippen LogP contribution < -0.4 is 26.0 Å². The summed E-state index contributed by atoms with van der Waals surface area (Å²) in [5.74, 6) is 0.317. The van der Waals surface area contributed by atoms with Crippen LogP contribution in [0.5, 0.6) is 5.75 Å². The van der Waals surface area contributed by atoms with Crippen molar-refractivity contribution in [3.8, 4) is 5.75 Å². The number of halogens is 1. The maximum Gasteiger partial charge on any atom is 0.407 e. The third-order valence-corrected chi connectivity index (χ3v) is 9.91. The number of methoxy groups -OCH3 is 1. The molecular formula is C40H51FN4O5. The van der Waals surface area contributed by atoms with Crippen molar-refractivity contribution < 1.29 is 28.2 Å². The van der Waals surface area contributed by atoms with E-state index in [9.17, 15) is 18.8 Å². The molecule has 0 radical (unpaired) electrons. The highest BCUT2D eigenvalue weighted by Gasteiger charge is 2.29. The zero-order valence-electron chi connectivity index (χ0n) is 29.1. The Kier molecular flexibility index (Phi) is 13.9. The number of fused-ring (bicyclic) bond motifs is 1. The summed E-state index contributed by atoms with van der Waals surface area (Å²) in [6, 6.07) is 20.3. The van der Waals surface area contributed by atoms with Crippen LogP contribution in [0.2, 0.25) is 0 Å². The van der Waals surface area contributed by atoms with Gasteiger partial charge in [-0.25, -0.2) is 9.18 Å². The predicted octanol–water partition coefficient (Wildman–Crippen LogP) is 7.47. The van der Waals surface area contributed by atoms with Crippen molar-refractivity contribution in [3.05, 3.63) is 95.3 Å². The van der Waals surface area contributed by atoms with E-state index in [0.29, 0.717) is 56.0 Å².